The SMILES string of the molecule is C#CC(C)(C)NC(=O)C(C)(C)NCC. The average Bonchev–Trinajstić information content (AvgIpc) is 2.03. The Morgan fingerprint density at radius 3 is 2.21 bits per heavy atom. The Morgan fingerprint density at radius 1 is 1.36 bits per heavy atom. The van der Waals surface area contributed by atoms with Crippen molar-refractivity contribution in [3.8, 4) is 12.3 Å². The fourth-order valence-corrected chi connectivity index (χ4v) is 0.998. The van der Waals surface area contributed by atoms with E-state index in [1.54, 1.807) is 13.8 Å². The number of likely N-dealkylation sites (N-methyl/N-ethyl adjacent to an activating group) is 1. The van der Waals surface area contributed by atoms with Crippen molar-refractivity contribution in [2.45, 2.75) is 45.7 Å². The highest BCUT2D eigenvalue weighted by Gasteiger charge is 2.29. The molecule has 0 saturated heterocycles. The van der Waals surface area contributed by atoms with Gasteiger partial charge in [0.2, 0.25) is 5.91 Å². The highest BCUT2D eigenvalue weighted by molar-refractivity contribution is 5.86. The highest BCUT2D eigenvalue weighted by Crippen LogP contribution is 2.06. The van der Waals surface area contributed by atoms with Gasteiger partial charge in [-0.1, -0.05) is 12.8 Å². The summed E-state index contributed by atoms with van der Waals surface area (Å²) in [5, 5.41) is 5.88. The fourth-order valence-electron chi connectivity index (χ4n) is 0.998. The van der Waals surface area contributed by atoms with E-state index in [0.717, 1.165) is 6.54 Å². The first-order valence-corrected chi connectivity index (χ1v) is 4.80. The molecule has 1 amide bonds. The molecule has 2 N–H and O–H groups in total. The molecular weight excluding hydrogens is 176 g/mol. The van der Waals surface area contributed by atoms with Gasteiger partial charge in [-0.25, -0.2) is 0 Å². The predicted octanol–water partition coefficient (Wildman–Crippen LogP) is 0.902. The van der Waals surface area contributed by atoms with Crippen molar-refractivity contribution in [2.24, 2.45) is 0 Å². The zero-order valence-electron chi connectivity index (χ0n) is 9.69. The fraction of sp³-hybridized carbons (Fsp3) is 0.727. The highest BCUT2D eigenvalue weighted by atomic mass is 16.2. The third kappa shape index (κ3) is 3.80. The van der Waals surface area contributed by atoms with E-state index in [2.05, 4.69) is 16.6 Å². The second-order valence-electron chi connectivity index (χ2n) is 4.38. The van der Waals surface area contributed by atoms with Gasteiger partial charge in [-0.3, -0.25) is 4.79 Å². The lowest BCUT2D eigenvalue weighted by atomic mass is 10.0. The van der Waals surface area contributed by atoms with Gasteiger partial charge in [-0.05, 0) is 34.2 Å². The Kier molecular flexibility index (Phi) is 4.15. The lowest BCUT2D eigenvalue weighted by molar-refractivity contribution is -0.127. The number of nitrogens with one attached hydrogen (secondary N) is 2. The maximum Gasteiger partial charge on any atom is 0.240 e. The van der Waals surface area contributed by atoms with Crippen LogP contribution in [0.5, 0.6) is 0 Å². The topological polar surface area (TPSA) is 41.1 Å². The summed E-state index contributed by atoms with van der Waals surface area (Å²) in [6.07, 6.45) is 5.29. The van der Waals surface area contributed by atoms with Gasteiger partial charge in [-0.2, -0.15) is 0 Å². The number of hydrogen-bond acceptors (Lipinski definition) is 2. The van der Waals surface area contributed by atoms with Gasteiger partial charge >= 0.3 is 0 Å². The van der Waals surface area contributed by atoms with Crippen LogP contribution in [0.25, 0.3) is 0 Å². The van der Waals surface area contributed by atoms with Crippen LogP contribution in [0.3, 0.4) is 0 Å². The predicted molar refractivity (Wildman–Crippen MR) is 58.8 cm³/mol. The molecule has 0 spiro atoms. The van der Waals surface area contributed by atoms with E-state index in [1.807, 2.05) is 20.8 Å². The number of carbonyl (C=O) groups excluding carboxylic acids is 1. The lowest BCUT2D eigenvalue weighted by Gasteiger charge is -2.29. The van der Waals surface area contributed by atoms with E-state index in [9.17, 15) is 4.79 Å². The Bertz CT molecular complexity index is 249. The van der Waals surface area contributed by atoms with Crippen LogP contribution in [-0.4, -0.2) is 23.5 Å². The van der Waals surface area contributed by atoms with Crippen molar-refractivity contribution in [2.75, 3.05) is 6.54 Å². The van der Waals surface area contributed by atoms with Gasteiger partial charge in [0.05, 0.1) is 11.1 Å². The molecule has 0 heterocycles. The summed E-state index contributed by atoms with van der Waals surface area (Å²) in [5.74, 6) is 2.45. The van der Waals surface area contributed by atoms with Crippen LogP contribution in [0.2, 0.25) is 0 Å². The van der Waals surface area contributed by atoms with Crippen molar-refractivity contribution in [1.82, 2.24) is 10.6 Å². The van der Waals surface area contributed by atoms with Crippen LogP contribution in [0, 0.1) is 12.3 Å². The van der Waals surface area contributed by atoms with Crippen molar-refractivity contribution < 1.29 is 4.79 Å². The van der Waals surface area contributed by atoms with Crippen LogP contribution in [0.15, 0.2) is 0 Å². The second-order valence-corrected chi connectivity index (χ2v) is 4.38. The summed E-state index contributed by atoms with van der Waals surface area (Å²) >= 11 is 0. The third-order valence-electron chi connectivity index (χ3n) is 1.97. The monoisotopic (exact) mass is 196 g/mol. The van der Waals surface area contributed by atoms with Crippen molar-refractivity contribution in [1.29, 1.82) is 0 Å². The average molecular weight is 196 g/mol. The number of terminal acetylenes is 1. The zero-order valence-corrected chi connectivity index (χ0v) is 9.69. The molecule has 0 aliphatic heterocycles. The van der Waals surface area contributed by atoms with E-state index in [1.165, 1.54) is 0 Å². The standard InChI is InChI=1S/C11H20N2O/c1-7-10(3,4)13-9(14)11(5,6)12-8-2/h1,12H,8H2,2-6H3,(H,13,14). The molecule has 0 aromatic heterocycles. The molecule has 3 nitrogen and oxygen atoms in total. The maximum atomic E-state index is 11.8. The van der Waals surface area contributed by atoms with E-state index in [-0.39, 0.29) is 5.91 Å². The molecule has 0 aromatic carbocycles. The minimum Gasteiger partial charge on any atom is -0.339 e. The molecule has 0 atom stereocenters. The Morgan fingerprint density at radius 2 is 1.86 bits per heavy atom. The second kappa shape index (κ2) is 4.47. The van der Waals surface area contributed by atoms with Gasteiger partial charge in [0, 0.05) is 0 Å². The summed E-state index contributed by atoms with van der Waals surface area (Å²) < 4.78 is 0. The molecule has 0 radical (unpaired) electrons. The molecular formula is C11H20N2O. The van der Waals surface area contributed by atoms with Crippen LogP contribution in [0.1, 0.15) is 34.6 Å². The summed E-state index contributed by atoms with van der Waals surface area (Å²) in [6.45, 7) is 9.97. The van der Waals surface area contributed by atoms with Crippen LogP contribution in [0.4, 0.5) is 0 Å². The molecule has 0 aromatic rings. The van der Waals surface area contributed by atoms with E-state index in [4.69, 9.17) is 6.42 Å². The first-order chi connectivity index (χ1) is 6.25. The maximum absolute atomic E-state index is 11.8. The van der Waals surface area contributed by atoms with E-state index in [0.29, 0.717) is 0 Å². The molecule has 0 saturated carbocycles. The smallest absolute Gasteiger partial charge is 0.240 e. The molecule has 0 aliphatic rings. The summed E-state index contributed by atoms with van der Waals surface area (Å²) in [7, 11) is 0. The van der Waals surface area contributed by atoms with Crippen LogP contribution < -0.4 is 10.6 Å². The Labute approximate surface area is 86.6 Å². The molecule has 0 rings (SSSR count). The molecule has 80 valence electrons. The molecule has 0 aliphatic carbocycles. The summed E-state index contributed by atoms with van der Waals surface area (Å²) in [4.78, 5) is 11.8. The summed E-state index contributed by atoms with van der Waals surface area (Å²) in [5.41, 5.74) is -1.17. The molecule has 0 fully saturated rings. The molecule has 14 heavy (non-hydrogen) atoms. The molecule has 0 bridgehead atoms. The Hall–Kier alpha value is -1.01. The third-order valence-corrected chi connectivity index (χ3v) is 1.97. The summed E-state index contributed by atoms with van der Waals surface area (Å²) in [6, 6.07) is 0. The van der Waals surface area contributed by atoms with Crippen molar-refractivity contribution in [3.63, 3.8) is 0 Å². The number of hydrogen-bond donors (Lipinski definition) is 2. The van der Waals surface area contributed by atoms with E-state index < -0.39 is 11.1 Å². The number of carbonyl (C=O) groups is 1. The van der Waals surface area contributed by atoms with Crippen molar-refractivity contribution >= 4 is 5.91 Å². The lowest BCUT2D eigenvalue weighted by Crippen LogP contribution is -2.57. The minimum absolute atomic E-state index is 0.0812. The van der Waals surface area contributed by atoms with Gasteiger partial charge in [0.15, 0.2) is 0 Å². The minimum atomic E-state index is -0.593. The van der Waals surface area contributed by atoms with Gasteiger partial charge in [-0.15, -0.1) is 6.42 Å². The molecule has 0 unspecified atom stereocenters. The zero-order chi connectivity index (χ0) is 11.4. The normalized spacial score (nSPS) is 12.0. The van der Waals surface area contributed by atoms with E-state index >= 15 is 0 Å². The van der Waals surface area contributed by atoms with Crippen LogP contribution in [-0.2, 0) is 4.79 Å². The number of amides is 1. The quantitative estimate of drug-likeness (QED) is 0.656. The number of rotatable bonds is 4. The first-order valence-electron chi connectivity index (χ1n) is 4.80. The van der Waals surface area contributed by atoms with Gasteiger partial charge < -0.3 is 10.6 Å². The molecule has 3 heteroatoms. The Balaban J connectivity index is 4.43. The largest absolute Gasteiger partial charge is 0.339 e. The first kappa shape index (κ1) is 13.0. The van der Waals surface area contributed by atoms with Gasteiger partial charge in [0.25, 0.3) is 0 Å². The van der Waals surface area contributed by atoms with Crippen molar-refractivity contribution in [3.05, 3.63) is 0 Å². The van der Waals surface area contributed by atoms with Crippen LogP contribution >= 0.6 is 0 Å². The van der Waals surface area contributed by atoms with Gasteiger partial charge in [0.1, 0.15) is 0 Å².